The Morgan fingerprint density at radius 1 is 1.16 bits per heavy atom. The number of nitrogens with zero attached hydrogens (tertiary/aromatic N) is 4. The second kappa shape index (κ2) is 8.48. The highest BCUT2D eigenvalue weighted by atomic mass is 16.2. The van der Waals surface area contributed by atoms with Crippen LogP contribution in [0.25, 0.3) is 5.65 Å². The highest BCUT2D eigenvalue weighted by Gasteiger charge is 2.09. The molecular weight excluding hydrogens is 315 g/mol. The van der Waals surface area contributed by atoms with Gasteiger partial charge in [0.05, 0.1) is 0 Å². The average Bonchev–Trinajstić information content (AvgIpc) is 3.02. The summed E-state index contributed by atoms with van der Waals surface area (Å²) >= 11 is 0. The third-order valence-corrected chi connectivity index (χ3v) is 3.84. The summed E-state index contributed by atoms with van der Waals surface area (Å²) in [6.07, 6.45) is 7.95. The van der Waals surface area contributed by atoms with Crippen molar-refractivity contribution in [1.29, 1.82) is 0 Å². The van der Waals surface area contributed by atoms with Gasteiger partial charge in [-0.05, 0) is 36.4 Å². The van der Waals surface area contributed by atoms with Gasteiger partial charge in [-0.15, -0.1) is 0 Å². The maximum Gasteiger partial charge on any atom is 0.152 e. The Labute approximate surface area is 147 Å². The van der Waals surface area contributed by atoms with Gasteiger partial charge in [-0.3, -0.25) is 4.98 Å². The zero-order chi connectivity index (χ0) is 17.5. The van der Waals surface area contributed by atoms with Crippen molar-refractivity contribution in [3.63, 3.8) is 0 Å². The summed E-state index contributed by atoms with van der Waals surface area (Å²) in [5.41, 5.74) is 2.23. The number of anilines is 2. The second-order valence-corrected chi connectivity index (χ2v) is 5.79. The zero-order valence-corrected chi connectivity index (χ0v) is 14.0. The first-order valence-corrected chi connectivity index (χ1v) is 8.39. The number of aromatic nitrogens is 4. The highest BCUT2D eigenvalue weighted by Crippen LogP contribution is 2.16. The van der Waals surface area contributed by atoms with Crippen LogP contribution in [0.15, 0.2) is 36.8 Å². The van der Waals surface area contributed by atoms with Gasteiger partial charge in [0.2, 0.25) is 0 Å². The molecule has 7 nitrogen and oxygen atoms in total. The highest BCUT2D eigenvalue weighted by molar-refractivity contribution is 6.36. The summed E-state index contributed by atoms with van der Waals surface area (Å²) in [7, 11) is 5.98. The number of aliphatic hydroxyl groups is 1. The van der Waals surface area contributed by atoms with E-state index < -0.39 is 0 Å². The largest absolute Gasteiger partial charge is 0.396 e. The van der Waals surface area contributed by atoms with Crippen LogP contribution in [-0.2, 0) is 6.54 Å². The average molecular weight is 336 g/mol. The molecule has 0 amide bonds. The molecule has 0 saturated heterocycles. The van der Waals surface area contributed by atoms with E-state index in [4.69, 9.17) is 13.0 Å². The summed E-state index contributed by atoms with van der Waals surface area (Å²) in [5, 5.41) is 19.8. The van der Waals surface area contributed by atoms with Crippen LogP contribution in [0.3, 0.4) is 0 Å². The fraction of sp³-hybridized carbons (Fsp3) is 0.353. The maximum atomic E-state index is 8.83. The van der Waals surface area contributed by atoms with Gasteiger partial charge in [0.25, 0.3) is 0 Å². The van der Waals surface area contributed by atoms with Gasteiger partial charge in [-0.25, -0.2) is 4.98 Å². The zero-order valence-electron chi connectivity index (χ0n) is 14.0. The SMILES string of the molecule is [B]c1cnn2c(NCc3cccnc3)cc(NCCCCCO)nc12. The smallest absolute Gasteiger partial charge is 0.152 e. The van der Waals surface area contributed by atoms with Gasteiger partial charge in [0, 0.05) is 44.4 Å². The van der Waals surface area contributed by atoms with E-state index in [0.29, 0.717) is 17.7 Å². The lowest BCUT2D eigenvalue weighted by atomic mass is 10.0. The quantitative estimate of drug-likeness (QED) is 0.401. The molecule has 0 bridgehead atoms. The van der Waals surface area contributed by atoms with E-state index in [9.17, 15) is 0 Å². The predicted octanol–water partition coefficient (Wildman–Crippen LogP) is 1.10. The molecule has 0 aliphatic rings. The number of hydrogen-bond donors (Lipinski definition) is 3. The molecule has 25 heavy (non-hydrogen) atoms. The van der Waals surface area contributed by atoms with E-state index in [0.717, 1.165) is 43.0 Å². The van der Waals surface area contributed by atoms with Gasteiger partial charge in [-0.1, -0.05) is 6.07 Å². The molecule has 2 radical (unpaired) electrons. The van der Waals surface area contributed by atoms with Crippen molar-refractivity contribution in [2.75, 3.05) is 23.8 Å². The molecule has 8 heteroatoms. The number of fused-ring (bicyclic) bond motifs is 1. The van der Waals surface area contributed by atoms with Crippen molar-refractivity contribution in [3.8, 4) is 0 Å². The van der Waals surface area contributed by atoms with Crippen molar-refractivity contribution < 1.29 is 5.11 Å². The van der Waals surface area contributed by atoms with E-state index in [1.807, 2.05) is 24.4 Å². The lowest BCUT2D eigenvalue weighted by Crippen LogP contribution is -2.12. The van der Waals surface area contributed by atoms with E-state index in [2.05, 4.69) is 25.7 Å². The summed E-state index contributed by atoms with van der Waals surface area (Å²) in [6, 6.07) is 5.84. The van der Waals surface area contributed by atoms with Crippen molar-refractivity contribution in [2.24, 2.45) is 0 Å². The van der Waals surface area contributed by atoms with E-state index in [1.165, 1.54) is 0 Å². The lowest BCUT2D eigenvalue weighted by molar-refractivity contribution is 0.283. The van der Waals surface area contributed by atoms with Gasteiger partial charge in [0.1, 0.15) is 19.5 Å². The molecule has 0 fully saturated rings. The minimum absolute atomic E-state index is 0.235. The Morgan fingerprint density at radius 2 is 2.08 bits per heavy atom. The van der Waals surface area contributed by atoms with E-state index in [1.54, 1.807) is 16.9 Å². The molecule has 128 valence electrons. The fourth-order valence-corrected chi connectivity index (χ4v) is 2.52. The van der Waals surface area contributed by atoms with Gasteiger partial charge < -0.3 is 15.7 Å². The molecule has 3 heterocycles. The number of rotatable bonds is 9. The first-order chi connectivity index (χ1) is 12.3. The molecule has 3 N–H and O–H groups in total. The summed E-state index contributed by atoms with van der Waals surface area (Å²) in [5.74, 6) is 1.56. The Kier molecular flexibility index (Phi) is 5.84. The van der Waals surface area contributed by atoms with Crippen LogP contribution < -0.4 is 16.1 Å². The third kappa shape index (κ3) is 4.48. The number of aliphatic hydroxyl groups excluding tert-OH is 1. The van der Waals surface area contributed by atoms with Crippen molar-refractivity contribution in [3.05, 3.63) is 42.4 Å². The summed E-state index contributed by atoms with van der Waals surface area (Å²) < 4.78 is 1.70. The molecule has 3 rings (SSSR count). The van der Waals surface area contributed by atoms with Crippen LogP contribution in [-0.4, -0.2) is 45.7 Å². The van der Waals surface area contributed by atoms with Crippen molar-refractivity contribution in [2.45, 2.75) is 25.8 Å². The predicted molar refractivity (Wildman–Crippen MR) is 99.4 cm³/mol. The molecule has 0 atom stereocenters. The Morgan fingerprint density at radius 3 is 2.88 bits per heavy atom. The van der Waals surface area contributed by atoms with Gasteiger partial charge in [0.15, 0.2) is 5.65 Å². The monoisotopic (exact) mass is 336 g/mol. The Hall–Kier alpha value is -2.61. The third-order valence-electron chi connectivity index (χ3n) is 3.84. The van der Waals surface area contributed by atoms with Crippen LogP contribution >= 0.6 is 0 Å². The second-order valence-electron chi connectivity index (χ2n) is 5.79. The first-order valence-electron chi connectivity index (χ1n) is 8.39. The van der Waals surface area contributed by atoms with Crippen molar-refractivity contribution >= 4 is 30.6 Å². The number of hydrogen-bond acceptors (Lipinski definition) is 6. The lowest BCUT2D eigenvalue weighted by Gasteiger charge is -2.12. The molecule has 0 aliphatic heterocycles. The first kappa shape index (κ1) is 17.2. The summed E-state index contributed by atoms with van der Waals surface area (Å²) in [6.45, 7) is 1.65. The molecule has 0 spiro atoms. The fourth-order valence-electron chi connectivity index (χ4n) is 2.52. The topological polar surface area (TPSA) is 87.4 Å². The number of pyridine rings is 1. The van der Waals surface area contributed by atoms with Crippen molar-refractivity contribution in [1.82, 2.24) is 19.6 Å². The molecular formula is C17H21BN6O. The van der Waals surface area contributed by atoms with E-state index in [-0.39, 0.29) is 6.61 Å². The molecule has 0 unspecified atom stereocenters. The Bertz CT molecular complexity index is 808. The number of unbranched alkanes of at least 4 members (excludes halogenated alkanes) is 2. The number of nitrogens with one attached hydrogen (secondary N) is 2. The molecule has 3 aromatic heterocycles. The van der Waals surface area contributed by atoms with E-state index >= 15 is 0 Å². The van der Waals surface area contributed by atoms with Gasteiger partial charge in [-0.2, -0.15) is 9.61 Å². The van der Waals surface area contributed by atoms with Crippen LogP contribution in [0.1, 0.15) is 24.8 Å². The summed E-state index contributed by atoms with van der Waals surface area (Å²) in [4.78, 5) is 8.65. The molecule has 0 aliphatic carbocycles. The minimum Gasteiger partial charge on any atom is -0.396 e. The molecule has 0 aromatic carbocycles. The normalized spacial score (nSPS) is 10.9. The minimum atomic E-state index is 0.235. The standard InChI is InChI=1S/C17H21BN6O/c18-14-12-22-24-16(21-11-13-5-4-6-19-10-13)9-15(23-17(14)24)20-7-2-1-3-8-25/h4-6,9-10,12,21,25H,1-3,7-8,11H2,(H,20,23). The van der Waals surface area contributed by atoms with Crippen LogP contribution in [0.5, 0.6) is 0 Å². The van der Waals surface area contributed by atoms with Crippen LogP contribution in [0, 0.1) is 0 Å². The van der Waals surface area contributed by atoms with Crippen LogP contribution in [0.4, 0.5) is 11.6 Å². The Balaban J connectivity index is 1.73. The molecule has 0 saturated carbocycles. The van der Waals surface area contributed by atoms with Gasteiger partial charge >= 0.3 is 0 Å². The molecule has 3 aromatic rings. The maximum absolute atomic E-state index is 8.83. The van der Waals surface area contributed by atoms with Crippen LogP contribution in [0.2, 0.25) is 0 Å².